The number of para-hydroxylation sites is 1. The van der Waals surface area contributed by atoms with Crippen LogP contribution in [0.15, 0.2) is 24.3 Å². The van der Waals surface area contributed by atoms with Gasteiger partial charge >= 0.3 is 0 Å². The second-order valence-corrected chi connectivity index (χ2v) is 7.47. The first-order valence-electron chi connectivity index (χ1n) is 9.46. The lowest BCUT2D eigenvalue weighted by Gasteiger charge is -2.36. The summed E-state index contributed by atoms with van der Waals surface area (Å²) in [4.78, 5) is 15.2. The summed E-state index contributed by atoms with van der Waals surface area (Å²) in [6.45, 7) is 9.72. The van der Waals surface area contributed by atoms with Gasteiger partial charge in [0.2, 0.25) is 0 Å². The molecule has 0 bridgehead atoms. The molecule has 2 saturated heterocycles. The minimum Gasteiger partial charge on any atom is -0.493 e. The van der Waals surface area contributed by atoms with Crippen LogP contribution in [0.2, 0.25) is 0 Å². The number of hydrogen-bond acceptors (Lipinski definition) is 4. The van der Waals surface area contributed by atoms with Crippen molar-refractivity contribution in [2.75, 3.05) is 26.3 Å². The van der Waals surface area contributed by atoms with Crippen LogP contribution in [0, 0.1) is 5.92 Å². The number of fused-ring (bicyclic) bond motifs is 1. The third kappa shape index (κ3) is 4.33. The van der Waals surface area contributed by atoms with E-state index in [9.17, 15) is 4.79 Å². The second kappa shape index (κ2) is 8.19. The molecule has 0 spiro atoms. The molecule has 2 heterocycles. The van der Waals surface area contributed by atoms with E-state index in [4.69, 9.17) is 9.47 Å². The molecule has 5 nitrogen and oxygen atoms in total. The Hall–Kier alpha value is -1.59. The first-order chi connectivity index (χ1) is 12.1. The summed E-state index contributed by atoms with van der Waals surface area (Å²) >= 11 is 0. The topological polar surface area (TPSA) is 50.8 Å². The third-order valence-corrected chi connectivity index (χ3v) is 5.12. The summed E-state index contributed by atoms with van der Waals surface area (Å²) in [7, 11) is 0. The number of ether oxygens (including phenoxy) is 2. The number of morpholine rings is 1. The second-order valence-electron chi connectivity index (χ2n) is 7.47. The third-order valence-electron chi connectivity index (χ3n) is 5.12. The molecule has 25 heavy (non-hydrogen) atoms. The molecule has 0 aliphatic carbocycles. The molecular weight excluding hydrogens is 316 g/mol. The fourth-order valence-electron chi connectivity index (χ4n) is 3.66. The SMILES string of the molecule is CCCOc1ccccc1C(=O)N[C@@H]1C[C@H]2CO[C@@H](C(C)C)CN2C1. The molecule has 1 N–H and O–H groups in total. The van der Waals surface area contributed by atoms with Crippen LogP contribution in [0.25, 0.3) is 0 Å². The van der Waals surface area contributed by atoms with E-state index in [0.717, 1.165) is 32.5 Å². The van der Waals surface area contributed by atoms with Gasteiger partial charge in [0.05, 0.1) is 24.9 Å². The Balaban J connectivity index is 1.59. The Bertz CT molecular complexity index is 590. The molecule has 0 radical (unpaired) electrons. The van der Waals surface area contributed by atoms with Gasteiger partial charge in [-0.25, -0.2) is 0 Å². The van der Waals surface area contributed by atoms with Crippen molar-refractivity contribution in [3.05, 3.63) is 29.8 Å². The quantitative estimate of drug-likeness (QED) is 0.860. The summed E-state index contributed by atoms with van der Waals surface area (Å²) in [6.07, 6.45) is 2.18. The number of carbonyl (C=O) groups is 1. The summed E-state index contributed by atoms with van der Waals surface area (Å²) in [5, 5.41) is 3.20. The van der Waals surface area contributed by atoms with E-state index in [1.54, 1.807) is 0 Å². The largest absolute Gasteiger partial charge is 0.493 e. The highest BCUT2D eigenvalue weighted by Crippen LogP contribution is 2.26. The van der Waals surface area contributed by atoms with Crippen LogP contribution in [0.5, 0.6) is 5.75 Å². The Kier molecular flexibility index (Phi) is 5.97. The maximum Gasteiger partial charge on any atom is 0.255 e. The van der Waals surface area contributed by atoms with E-state index < -0.39 is 0 Å². The molecule has 0 unspecified atom stereocenters. The molecule has 2 fully saturated rings. The van der Waals surface area contributed by atoms with Crippen LogP contribution in [0.4, 0.5) is 0 Å². The van der Waals surface area contributed by atoms with Gasteiger partial charge in [-0.05, 0) is 30.9 Å². The molecule has 2 aliphatic rings. The summed E-state index contributed by atoms with van der Waals surface area (Å²) in [5.74, 6) is 1.15. The van der Waals surface area contributed by atoms with Crippen molar-refractivity contribution in [2.24, 2.45) is 5.92 Å². The first kappa shape index (κ1) is 18.2. The van der Waals surface area contributed by atoms with Crippen LogP contribution in [0.1, 0.15) is 44.0 Å². The molecule has 138 valence electrons. The van der Waals surface area contributed by atoms with Crippen LogP contribution in [-0.2, 0) is 4.74 Å². The Morgan fingerprint density at radius 2 is 2.16 bits per heavy atom. The molecule has 2 aliphatic heterocycles. The van der Waals surface area contributed by atoms with Gasteiger partial charge in [-0.15, -0.1) is 0 Å². The maximum atomic E-state index is 12.7. The summed E-state index contributed by atoms with van der Waals surface area (Å²) < 4.78 is 11.7. The van der Waals surface area contributed by atoms with Crippen LogP contribution >= 0.6 is 0 Å². The molecular formula is C20H30N2O3. The number of amides is 1. The van der Waals surface area contributed by atoms with Gasteiger partial charge in [-0.3, -0.25) is 9.69 Å². The van der Waals surface area contributed by atoms with Crippen LogP contribution in [0.3, 0.4) is 0 Å². The maximum absolute atomic E-state index is 12.7. The highest BCUT2D eigenvalue weighted by atomic mass is 16.5. The van der Waals surface area contributed by atoms with E-state index in [0.29, 0.717) is 36.0 Å². The van der Waals surface area contributed by atoms with Gasteiger partial charge < -0.3 is 14.8 Å². The zero-order valence-corrected chi connectivity index (χ0v) is 15.5. The van der Waals surface area contributed by atoms with Crippen molar-refractivity contribution in [2.45, 2.75) is 51.8 Å². The standard InChI is InChI=1S/C20H30N2O3/c1-4-9-24-18-8-6-5-7-17(18)20(23)21-15-10-16-13-25-19(14(2)3)12-22(16)11-15/h5-8,14-16,19H,4,9-13H2,1-3H3,(H,21,23)/t15-,16+,19-/m1/s1. The van der Waals surface area contributed by atoms with E-state index in [1.165, 1.54) is 0 Å². The Morgan fingerprint density at radius 1 is 1.36 bits per heavy atom. The lowest BCUT2D eigenvalue weighted by Crippen LogP contribution is -2.48. The molecule has 0 aromatic heterocycles. The number of nitrogens with zero attached hydrogens (tertiary/aromatic N) is 1. The average Bonchev–Trinajstić information content (AvgIpc) is 3.01. The first-order valence-corrected chi connectivity index (χ1v) is 9.46. The van der Waals surface area contributed by atoms with Crippen molar-refractivity contribution in [3.8, 4) is 5.75 Å². The van der Waals surface area contributed by atoms with Gasteiger partial charge in [0.15, 0.2) is 0 Å². The zero-order chi connectivity index (χ0) is 17.8. The van der Waals surface area contributed by atoms with Gasteiger partial charge in [-0.1, -0.05) is 32.9 Å². The smallest absolute Gasteiger partial charge is 0.255 e. The number of carbonyl (C=O) groups excluding carboxylic acids is 1. The van der Waals surface area contributed by atoms with E-state index in [1.807, 2.05) is 24.3 Å². The summed E-state index contributed by atoms with van der Waals surface area (Å²) in [5.41, 5.74) is 0.622. The fourth-order valence-corrected chi connectivity index (χ4v) is 3.66. The lowest BCUT2D eigenvalue weighted by molar-refractivity contribution is -0.0683. The van der Waals surface area contributed by atoms with Crippen LogP contribution in [-0.4, -0.2) is 55.3 Å². The predicted octanol–water partition coefficient (Wildman–Crippen LogP) is 2.70. The van der Waals surface area contributed by atoms with Crippen molar-refractivity contribution < 1.29 is 14.3 Å². The van der Waals surface area contributed by atoms with Gasteiger partial charge in [0.25, 0.3) is 5.91 Å². The average molecular weight is 346 g/mol. The van der Waals surface area contributed by atoms with Crippen molar-refractivity contribution >= 4 is 5.91 Å². The van der Waals surface area contributed by atoms with Gasteiger partial charge in [0.1, 0.15) is 5.75 Å². The highest BCUT2D eigenvalue weighted by Gasteiger charge is 2.38. The molecule has 0 saturated carbocycles. The molecule has 1 aromatic rings. The van der Waals surface area contributed by atoms with Gasteiger partial charge in [0, 0.05) is 25.2 Å². The highest BCUT2D eigenvalue weighted by molar-refractivity contribution is 5.97. The Labute approximate surface area is 150 Å². The monoisotopic (exact) mass is 346 g/mol. The van der Waals surface area contributed by atoms with E-state index >= 15 is 0 Å². The predicted molar refractivity (Wildman–Crippen MR) is 98.0 cm³/mol. The zero-order valence-electron chi connectivity index (χ0n) is 15.5. The van der Waals surface area contributed by atoms with Crippen molar-refractivity contribution in [1.82, 2.24) is 10.2 Å². The van der Waals surface area contributed by atoms with Crippen LogP contribution < -0.4 is 10.1 Å². The Morgan fingerprint density at radius 3 is 2.92 bits per heavy atom. The minimum atomic E-state index is -0.0436. The van der Waals surface area contributed by atoms with E-state index in [2.05, 4.69) is 31.0 Å². The van der Waals surface area contributed by atoms with Gasteiger partial charge in [-0.2, -0.15) is 0 Å². The lowest BCUT2D eigenvalue weighted by atomic mass is 10.0. The van der Waals surface area contributed by atoms with Crippen molar-refractivity contribution in [3.63, 3.8) is 0 Å². The summed E-state index contributed by atoms with van der Waals surface area (Å²) in [6, 6.07) is 8.08. The number of rotatable bonds is 6. The number of hydrogen-bond donors (Lipinski definition) is 1. The van der Waals surface area contributed by atoms with E-state index in [-0.39, 0.29) is 11.9 Å². The molecule has 5 heteroatoms. The number of benzene rings is 1. The van der Waals surface area contributed by atoms with Crippen molar-refractivity contribution in [1.29, 1.82) is 0 Å². The minimum absolute atomic E-state index is 0.0436. The molecule has 1 aromatic carbocycles. The normalized spacial score (nSPS) is 26.5. The molecule has 1 amide bonds. The molecule has 3 atom stereocenters. The fraction of sp³-hybridized carbons (Fsp3) is 0.650. The number of nitrogens with one attached hydrogen (secondary N) is 1. The molecule has 3 rings (SSSR count).